The van der Waals surface area contributed by atoms with Crippen LogP contribution in [0.5, 0.6) is 5.75 Å². The van der Waals surface area contributed by atoms with E-state index in [2.05, 4.69) is 28.4 Å². The van der Waals surface area contributed by atoms with E-state index in [1.807, 2.05) is 60.7 Å². The van der Waals surface area contributed by atoms with Gasteiger partial charge in [-0.25, -0.2) is 0 Å². The third-order valence-corrected chi connectivity index (χ3v) is 5.59. The summed E-state index contributed by atoms with van der Waals surface area (Å²) in [6, 6.07) is 26.2. The largest absolute Gasteiger partial charge is 0.495 e. The van der Waals surface area contributed by atoms with Gasteiger partial charge in [-0.1, -0.05) is 60.7 Å². The molecule has 0 bridgehead atoms. The molecule has 2 N–H and O–H groups in total. The Kier molecular flexibility index (Phi) is 6.30. The molecule has 0 aliphatic carbocycles. The summed E-state index contributed by atoms with van der Waals surface area (Å²) in [6.45, 7) is 4.13. The Labute approximate surface area is 177 Å². The zero-order valence-electron chi connectivity index (χ0n) is 17.3. The van der Waals surface area contributed by atoms with Gasteiger partial charge < -0.3 is 19.9 Å². The summed E-state index contributed by atoms with van der Waals surface area (Å²) < 4.78 is 5.49. The smallest absolute Gasteiger partial charge is 0.279 e. The quantitative estimate of drug-likeness (QED) is 0.667. The second-order valence-electron chi connectivity index (χ2n) is 7.55. The van der Waals surface area contributed by atoms with Crippen molar-refractivity contribution in [3.63, 3.8) is 0 Å². The third kappa shape index (κ3) is 4.63. The van der Waals surface area contributed by atoms with E-state index < -0.39 is 0 Å². The molecule has 0 unspecified atom stereocenters. The van der Waals surface area contributed by atoms with Crippen LogP contribution >= 0.6 is 0 Å². The Morgan fingerprint density at radius 1 is 0.933 bits per heavy atom. The van der Waals surface area contributed by atoms with Gasteiger partial charge in [0, 0.05) is 11.3 Å². The van der Waals surface area contributed by atoms with Gasteiger partial charge in [0.15, 0.2) is 6.54 Å². The first kappa shape index (κ1) is 20.0. The van der Waals surface area contributed by atoms with Crippen LogP contribution < -0.4 is 19.9 Å². The average molecular weight is 403 g/mol. The van der Waals surface area contributed by atoms with Crippen LogP contribution in [0.2, 0.25) is 0 Å². The number of quaternary nitrogens is 1. The van der Waals surface area contributed by atoms with E-state index in [1.165, 1.54) is 4.90 Å². The molecule has 30 heavy (non-hydrogen) atoms. The molecule has 1 fully saturated rings. The number of methoxy groups -OCH3 is 1. The van der Waals surface area contributed by atoms with Crippen LogP contribution in [0.15, 0.2) is 78.9 Å². The van der Waals surface area contributed by atoms with Crippen molar-refractivity contribution < 1.29 is 14.4 Å². The van der Waals surface area contributed by atoms with Crippen molar-refractivity contribution in [3.05, 3.63) is 78.9 Å². The van der Waals surface area contributed by atoms with Crippen molar-refractivity contribution in [2.45, 2.75) is 0 Å². The lowest BCUT2D eigenvalue weighted by molar-refractivity contribution is -0.892. The molecular formula is C25H28N3O2+. The number of nitrogens with one attached hydrogen (secondary N) is 2. The Balaban J connectivity index is 1.35. The number of amides is 1. The summed E-state index contributed by atoms with van der Waals surface area (Å²) in [5.74, 6) is 0.954. The van der Waals surface area contributed by atoms with Crippen LogP contribution in [-0.4, -0.2) is 45.7 Å². The molecule has 1 aliphatic heterocycles. The zero-order valence-corrected chi connectivity index (χ0v) is 17.3. The Morgan fingerprint density at radius 2 is 1.60 bits per heavy atom. The van der Waals surface area contributed by atoms with E-state index in [-0.39, 0.29) is 5.91 Å². The molecule has 0 aromatic heterocycles. The summed E-state index contributed by atoms with van der Waals surface area (Å²) in [6.07, 6.45) is 0. The van der Waals surface area contributed by atoms with Crippen molar-refractivity contribution in [3.8, 4) is 16.9 Å². The van der Waals surface area contributed by atoms with Gasteiger partial charge in [-0.3, -0.25) is 4.79 Å². The number of piperazine rings is 1. The van der Waals surface area contributed by atoms with Gasteiger partial charge in [-0.05, 0) is 23.8 Å². The number of hydrogen-bond acceptors (Lipinski definition) is 3. The van der Waals surface area contributed by atoms with Crippen LogP contribution in [0.4, 0.5) is 11.4 Å². The van der Waals surface area contributed by atoms with E-state index in [9.17, 15) is 4.79 Å². The molecule has 0 atom stereocenters. The predicted molar refractivity (Wildman–Crippen MR) is 121 cm³/mol. The molecule has 0 radical (unpaired) electrons. The number of ether oxygens (including phenoxy) is 1. The second-order valence-corrected chi connectivity index (χ2v) is 7.55. The highest BCUT2D eigenvalue weighted by molar-refractivity contribution is 5.96. The van der Waals surface area contributed by atoms with E-state index >= 15 is 0 Å². The fraction of sp³-hybridized carbons (Fsp3) is 0.240. The van der Waals surface area contributed by atoms with Crippen molar-refractivity contribution in [2.24, 2.45) is 0 Å². The molecule has 0 saturated carbocycles. The van der Waals surface area contributed by atoms with Crippen molar-refractivity contribution in [1.29, 1.82) is 0 Å². The molecule has 4 rings (SSSR count). The van der Waals surface area contributed by atoms with Crippen molar-refractivity contribution in [1.82, 2.24) is 0 Å². The number of rotatable bonds is 6. The molecule has 0 spiro atoms. The van der Waals surface area contributed by atoms with Crippen LogP contribution in [0.3, 0.4) is 0 Å². The minimum Gasteiger partial charge on any atom is -0.495 e. The molecule has 154 valence electrons. The molecular weight excluding hydrogens is 374 g/mol. The number of anilines is 2. The van der Waals surface area contributed by atoms with Gasteiger partial charge in [0.1, 0.15) is 5.75 Å². The van der Waals surface area contributed by atoms with E-state index in [4.69, 9.17) is 4.74 Å². The van der Waals surface area contributed by atoms with E-state index in [0.717, 1.165) is 54.4 Å². The second kappa shape index (κ2) is 9.46. The standard InChI is InChI=1S/C25H27N3O2/c1-30-24-14-8-7-13-23(24)28-17-15-27(16-18-28)19-25(29)26-22-12-6-5-11-21(22)20-9-3-2-4-10-20/h2-14H,15-19H2,1H3,(H,26,29)/p+1. The maximum atomic E-state index is 12.8. The molecule has 1 saturated heterocycles. The van der Waals surface area contributed by atoms with Gasteiger partial charge in [0.2, 0.25) is 0 Å². The van der Waals surface area contributed by atoms with Gasteiger partial charge in [-0.15, -0.1) is 0 Å². The summed E-state index contributed by atoms with van der Waals surface area (Å²) in [5.41, 5.74) is 4.13. The number of nitrogens with zero attached hydrogens (tertiary/aromatic N) is 1. The van der Waals surface area contributed by atoms with E-state index in [1.54, 1.807) is 7.11 Å². The van der Waals surface area contributed by atoms with Crippen molar-refractivity contribution >= 4 is 17.3 Å². The van der Waals surface area contributed by atoms with Gasteiger partial charge >= 0.3 is 0 Å². The fourth-order valence-electron chi connectivity index (χ4n) is 4.01. The van der Waals surface area contributed by atoms with Crippen LogP contribution in [0.25, 0.3) is 11.1 Å². The van der Waals surface area contributed by atoms with Crippen LogP contribution in [0.1, 0.15) is 0 Å². The SMILES string of the molecule is COc1ccccc1N1CC[NH+](CC(=O)Nc2ccccc2-c2ccccc2)CC1. The molecule has 1 amide bonds. The molecule has 3 aromatic carbocycles. The predicted octanol–water partition coefficient (Wildman–Crippen LogP) is 2.71. The summed E-state index contributed by atoms with van der Waals surface area (Å²) in [4.78, 5) is 16.4. The Bertz CT molecular complexity index is 982. The number of carbonyl (C=O) groups is 1. The summed E-state index contributed by atoms with van der Waals surface area (Å²) in [7, 11) is 1.71. The highest BCUT2D eigenvalue weighted by Crippen LogP contribution is 2.28. The molecule has 1 aliphatic rings. The lowest BCUT2D eigenvalue weighted by Crippen LogP contribution is -3.15. The molecule has 1 heterocycles. The number of benzene rings is 3. The molecule has 5 nitrogen and oxygen atoms in total. The fourth-order valence-corrected chi connectivity index (χ4v) is 4.01. The Hall–Kier alpha value is -3.31. The average Bonchev–Trinajstić information content (AvgIpc) is 2.80. The van der Waals surface area contributed by atoms with Crippen LogP contribution in [-0.2, 0) is 4.79 Å². The highest BCUT2D eigenvalue weighted by Gasteiger charge is 2.24. The monoisotopic (exact) mass is 402 g/mol. The first-order valence-electron chi connectivity index (χ1n) is 10.4. The number of para-hydroxylation sites is 3. The first-order valence-corrected chi connectivity index (χ1v) is 10.4. The topological polar surface area (TPSA) is 46.0 Å². The lowest BCUT2D eigenvalue weighted by atomic mass is 10.0. The summed E-state index contributed by atoms with van der Waals surface area (Å²) >= 11 is 0. The van der Waals surface area contributed by atoms with Crippen LogP contribution in [0, 0.1) is 0 Å². The van der Waals surface area contributed by atoms with Gasteiger partial charge in [0.25, 0.3) is 5.91 Å². The normalized spacial score (nSPS) is 14.4. The molecule has 3 aromatic rings. The third-order valence-electron chi connectivity index (χ3n) is 5.59. The highest BCUT2D eigenvalue weighted by atomic mass is 16.5. The number of hydrogen-bond donors (Lipinski definition) is 2. The number of carbonyl (C=O) groups excluding carboxylic acids is 1. The first-order chi connectivity index (χ1) is 14.7. The Morgan fingerprint density at radius 3 is 2.37 bits per heavy atom. The minimum atomic E-state index is 0.0547. The maximum absolute atomic E-state index is 12.8. The summed E-state index contributed by atoms with van der Waals surface area (Å²) in [5, 5.41) is 3.12. The minimum absolute atomic E-state index is 0.0547. The van der Waals surface area contributed by atoms with Gasteiger partial charge in [-0.2, -0.15) is 0 Å². The maximum Gasteiger partial charge on any atom is 0.279 e. The van der Waals surface area contributed by atoms with Gasteiger partial charge in [0.05, 0.1) is 39.0 Å². The zero-order chi connectivity index (χ0) is 20.8. The lowest BCUT2D eigenvalue weighted by Gasteiger charge is -2.34. The molecule has 5 heteroatoms. The van der Waals surface area contributed by atoms with Crippen molar-refractivity contribution in [2.75, 3.05) is 50.1 Å². The van der Waals surface area contributed by atoms with E-state index in [0.29, 0.717) is 6.54 Å².